The Labute approximate surface area is 142 Å². The molecule has 1 aromatic carbocycles. The predicted molar refractivity (Wildman–Crippen MR) is 91.6 cm³/mol. The van der Waals surface area contributed by atoms with Crippen molar-refractivity contribution in [3.63, 3.8) is 0 Å². The minimum Gasteiger partial charge on any atom is -0.489 e. The Morgan fingerprint density at radius 3 is 2.92 bits per heavy atom. The minimum atomic E-state index is -0.405. The summed E-state index contributed by atoms with van der Waals surface area (Å²) in [6.07, 6.45) is 6.25. The zero-order chi connectivity index (χ0) is 17.2. The molecule has 5 nitrogen and oxygen atoms in total. The lowest BCUT2D eigenvalue weighted by Crippen LogP contribution is -2.18. The van der Waals surface area contributed by atoms with Gasteiger partial charge in [0.25, 0.3) is 0 Å². The van der Waals surface area contributed by atoms with Gasteiger partial charge in [0.15, 0.2) is 0 Å². The summed E-state index contributed by atoms with van der Waals surface area (Å²) in [6.45, 7) is 1.85. The Hall–Kier alpha value is -1.66. The first-order valence-electron chi connectivity index (χ1n) is 8.73. The van der Waals surface area contributed by atoms with E-state index in [1.807, 2.05) is 0 Å². The molecule has 24 heavy (non-hydrogen) atoms. The number of unbranched alkanes of at least 4 members (excludes halogenated alkanes) is 3. The summed E-state index contributed by atoms with van der Waals surface area (Å²) in [6, 6.07) is 4.16. The number of anilines is 1. The van der Waals surface area contributed by atoms with Crippen LogP contribution in [0.1, 0.15) is 44.9 Å². The number of carbonyl (C=O) groups is 1. The van der Waals surface area contributed by atoms with Crippen molar-refractivity contribution in [2.24, 2.45) is 5.73 Å². The number of amides is 1. The Morgan fingerprint density at radius 1 is 1.33 bits per heavy atom. The fraction of sp³-hybridized carbons (Fsp3) is 0.611. The van der Waals surface area contributed by atoms with Crippen LogP contribution in [0.3, 0.4) is 0 Å². The third-order valence-electron chi connectivity index (χ3n) is 4.02. The van der Waals surface area contributed by atoms with Gasteiger partial charge < -0.3 is 20.5 Å². The van der Waals surface area contributed by atoms with E-state index < -0.39 is 5.82 Å². The number of hydrogen-bond acceptors (Lipinski definition) is 4. The van der Waals surface area contributed by atoms with Gasteiger partial charge >= 0.3 is 0 Å². The van der Waals surface area contributed by atoms with Gasteiger partial charge in [-0.05, 0) is 44.4 Å². The van der Waals surface area contributed by atoms with Crippen LogP contribution in [0.4, 0.5) is 10.1 Å². The molecule has 1 aromatic rings. The normalized spacial score (nSPS) is 17.0. The van der Waals surface area contributed by atoms with Crippen LogP contribution in [0.15, 0.2) is 18.2 Å². The second kappa shape index (κ2) is 10.3. The minimum absolute atomic E-state index is 0.0705. The van der Waals surface area contributed by atoms with Gasteiger partial charge in [-0.2, -0.15) is 0 Å². The summed E-state index contributed by atoms with van der Waals surface area (Å²) in [5.74, 6) is -0.0589. The second-order valence-electron chi connectivity index (χ2n) is 6.09. The van der Waals surface area contributed by atoms with E-state index in [0.29, 0.717) is 31.0 Å². The van der Waals surface area contributed by atoms with Crippen LogP contribution in [0.2, 0.25) is 0 Å². The molecule has 0 aromatic heterocycles. The van der Waals surface area contributed by atoms with E-state index in [2.05, 4.69) is 5.32 Å². The number of nitrogens with one attached hydrogen (secondary N) is 1. The largest absolute Gasteiger partial charge is 0.489 e. The monoisotopic (exact) mass is 338 g/mol. The molecule has 1 amide bonds. The van der Waals surface area contributed by atoms with Crippen LogP contribution >= 0.6 is 0 Å². The van der Waals surface area contributed by atoms with Crippen molar-refractivity contribution < 1.29 is 18.7 Å². The van der Waals surface area contributed by atoms with E-state index in [1.54, 1.807) is 6.07 Å². The predicted octanol–water partition coefficient (Wildman–Crippen LogP) is 3.23. The molecular formula is C18H27FN2O3. The quantitative estimate of drug-likeness (QED) is 0.642. The fourth-order valence-corrected chi connectivity index (χ4v) is 2.68. The molecule has 0 saturated carbocycles. The zero-order valence-electron chi connectivity index (χ0n) is 14.1. The first-order chi connectivity index (χ1) is 11.7. The molecule has 6 heteroatoms. The molecule has 1 atom stereocenters. The van der Waals surface area contributed by atoms with Crippen molar-refractivity contribution in [3.05, 3.63) is 24.0 Å². The molecule has 1 saturated heterocycles. The maximum absolute atomic E-state index is 13.5. The molecule has 134 valence electrons. The van der Waals surface area contributed by atoms with Crippen molar-refractivity contribution >= 4 is 11.6 Å². The Balaban J connectivity index is 1.83. The van der Waals surface area contributed by atoms with Crippen LogP contribution in [0, 0.1) is 5.82 Å². The molecule has 1 aliphatic rings. The topological polar surface area (TPSA) is 73.6 Å². The standard InChI is InChI=1S/C18H27FN2O3/c19-14-8-9-17(24-13-15-6-5-11-23-15)16(12-14)21-18(22)7-3-1-2-4-10-20/h8-9,12,15H,1-7,10-11,13,20H2,(H,21,22). The Kier molecular flexibility index (Phi) is 7.98. The highest BCUT2D eigenvalue weighted by atomic mass is 19.1. The number of nitrogens with two attached hydrogens (primary N) is 1. The van der Waals surface area contributed by atoms with Gasteiger partial charge in [0.05, 0.1) is 11.8 Å². The van der Waals surface area contributed by atoms with Crippen molar-refractivity contribution in [2.75, 3.05) is 25.1 Å². The number of ether oxygens (including phenoxy) is 2. The highest BCUT2D eigenvalue weighted by Gasteiger charge is 2.17. The zero-order valence-corrected chi connectivity index (χ0v) is 14.1. The SMILES string of the molecule is NCCCCCCC(=O)Nc1cc(F)ccc1OCC1CCCO1. The first kappa shape index (κ1) is 18.7. The summed E-state index contributed by atoms with van der Waals surface area (Å²) in [4.78, 5) is 12.0. The van der Waals surface area contributed by atoms with E-state index in [9.17, 15) is 9.18 Å². The van der Waals surface area contributed by atoms with Crippen molar-refractivity contribution in [3.8, 4) is 5.75 Å². The Morgan fingerprint density at radius 2 is 2.17 bits per heavy atom. The molecule has 1 unspecified atom stereocenters. The van der Waals surface area contributed by atoms with Crippen molar-refractivity contribution in [2.45, 2.75) is 51.0 Å². The van der Waals surface area contributed by atoms with E-state index in [-0.39, 0.29) is 12.0 Å². The van der Waals surface area contributed by atoms with E-state index in [1.165, 1.54) is 12.1 Å². The van der Waals surface area contributed by atoms with Crippen LogP contribution < -0.4 is 15.8 Å². The Bertz CT molecular complexity index is 519. The number of hydrogen-bond donors (Lipinski definition) is 2. The van der Waals surface area contributed by atoms with Crippen LogP contribution in [-0.2, 0) is 9.53 Å². The third-order valence-corrected chi connectivity index (χ3v) is 4.02. The number of halogens is 1. The lowest BCUT2D eigenvalue weighted by molar-refractivity contribution is -0.116. The van der Waals surface area contributed by atoms with Gasteiger partial charge in [-0.1, -0.05) is 12.8 Å². The maximum atomic E-state index is 13.5. The van der Waals surface area contributed by atoms with Gasteiger partial charge in [-0.25, -0.2) is 4.39 Å². The molecule has 0 radical (unpaired) electrons. The molecule has 0 aliphatic carbocycles. The van der Waals surface area contributed by atoms with Crippen LogP contribution in [0.5, 0.6) is 5.75 Å². The van der Waals surface area contributed by atoms with Gasteiger partial charge in [-0.3, -0.25) is 4.79 Å². The van der Waals surface area contributed by atoms with E-state index in [4.69, 9.17) is 15.2 Å². The highest BCUT2D eigenvalue weighted by molar-refractivity contribution is 5.92. The summed E-state index contributed by atoms with van der Waals surface area (Å²) in [5.41, 5.74) is 5.81. The van der Waals surface area contributed by atoms with Crippen LogP contribution in [0.25, 0.3) is 0 Å². The molecule has 2 rings (SSSR count). The molecule has 0 spiro atoms. The van der Waals surface area contributed by atoms with E-state index >= 15 is 0 Å². The average Bonchev–Trinajstić information content (AvgIpc) is 3.07. The van der Waals surface area contributed by atoms with Crippen LogP contribution in [-0.4, -0.2) is 31.8 Å². The lowest BCUT2D eigenvalue weighted by atomic mass is 10.1. The lowest BCUT2D eigenvalue weighted by Gasteiger charge is -2.15. The summed E-state index contributed by atoms with van der Waals surface area (Å²) < 4.78 is 24.7. The summed E-state index contributed by atoms with van der Waals surface area (Å²) >= 11 is 0. The molecule has 1 fully saturated rings. The van der Waals surface area contributed by atoms with Gasteiger partial charge in [0, 0.05) is 19.1 Å². The van der Waals surface area contributed by atoms with Gasteiger partial charge in [0.1, 0.15) is 18.2 Å². The first-order valence-corrected chi connectivity index (χ1v) is 8.73. The molecule has 1 aliphatic heterocycles. The smallest absolute Gasteiger partial charge is 0.224 e. The molecule has 3 N–H and O–H groups in total. The third kappa shape index (κ3) is 6.45. The van der Waals surface area contributed by atoms with Crippen molar-refractivity contribution in [1.29, 1.82) is 0 Å². The fourth-order valence-electron chi connectivity index (χ4n) is 2.68. The number of rotatable bonds is 10. The highest BCUT2D eigenvalue weighted by Crippen LogP contribution is 2.27. The maximum Gasteiger partial charge on any atom is 0.224 e. The number of carbonyl (C=O) groups excluding carboxylic acids is 1. The van der Waals surface area contributed by atoms with E-state index in [0.717, 1.165) is 45.1 Å². The average molecular weight is 338 g/mol. The number of benzene rings is 1. The van der Waals surface area contributed by atoms with Crippen molar-refractivity contribution in [1.82, 2.24) is 0 Å². The van der Waals surface area contributed by atoms with Gasteiger partial charge in [-0.15, -0.1) is 0 Å². The summed E-state index contributed by atoms with van der Waals surface area (Å²) in [7, 11) is 0. The second-order valence-corrected chi connectivity index (χ2v) is 6.09. The molecule has 0 bridgehead atoms. The van der Waals surface area contributed by atoms with Gasteiger partial charge in [0.2, 0.25) is 5.91 Å². The molecule has 1 heterocycles. The summed E-state index contributed by atoms with van der Waals surface area (Å²) in [5, 5.41) is 2.75. The molecular weight excluding hydrogens is 311 g/mol.